The molecule has 1 aliphatic heterocycles. The summed E-state index contributed by atoms with van der Waals surface area (Å²) in [5, 5.41) is 3.62. The molecule has 0 aliphatic carbocycles. The fourth-order valence-corrected chi connectivity index (χ4v) is 14.3. The number of amides is 1. The van der Waals surface area contributed by atoms with Crippen molar-refractivity contribution in [2.45, 2.75) is 340 Å². The van der Waals surface area contributed by atoms with Crippen molar-refractivity contribution >= 4 is 5.91 Å². The van der Waals surface area contributed by atoms with E-state index < -0.39 is 42.7 Å². The molecule has 1 amide bonds. The summed E-state index contributed by atoms with van der Waals surface area (Å²) in [6.45, 7) is 6.93. The van der Waals surface area contributed by atoms with Gasteiger partial charge in [0.1, 0.15) is 36.6 Å². The van der Waals surface area contributed by atoms with Crippen LogP contribution in [-0.4, -0.2) is 61.3 Å². The second-order valence-electron chi connectivity index (χ2n) is 29.2. The number of carbonyl (C=O) groups is 1. The molecule has 9 heteroatoms. The van der Waals surface area contributed by atoms with E-state index in [-0.39, 0.29) is 18.6 Å². The van der Waals surface area contributed by atoms with E-state index in [1.807, 2.05) is 78.9 Å². The first-order valence-corrected chi connectivity index (χ1v) is 41.1. The fourth-order valence-electron chi connectivity index (χ4n) is 14.3. The van der Waals surface area contributed by atoms with E-state index in [1.54, 1.807) is 0 Å². The standard InChI is InChI=1S/C93H135NO8/c1-3-5-7-9-11-13-15-17-18-19-20-21-22-23-24-25-26-27-29-31-33-35-55-69-89(95)94-85(90(98-74-81-60-46-38-47-61-81)86(97-73-80-58-44-37-45-59-80)68-54-34-32-30-28-16-14-12-10-8-6-4-2)70-71-87-91(99-75-82-62-48-39-49-63-82)93(101-77-84-66-52-41-53-67-84)92(100-76-83-64-50-40-51-65-83)88(102-87)78-96-72-79-56-42-36-43-57-79/h36-53,56-67,70-71,85-88,90-93H,3-35,54-55,68-69,72-78H2,1-2H3,(H,94,95)/b71-70+/t85-,86+,87+,88+,90-,91-,92-,93+/m0/s1. The maximum atomic E-state index is 14.9. The van der Waals surface area contributed by atoms with Crippen LogP contribution in [0.1, 0.15) is 285 Å². The van der Waals surface area contributed by atoms with E-state index in [4.69, 9.17) is 33.2 Å². The van der Waals surface area contributed by atoms with Crippen LogP contribution in [0.2, 0.25) is 0 Å². The van der Waals surface area contributed by atoms with E-state index >= 15 is 0 Å². The minimum atomic E-state index is -0.686. The minimum absolute atomic E-state index is 0.000655. The van der Waals surface area contributed by atoms with Crippen LogP contribution in [0.4, 0.5) is 0 Å². The first-order valence-electron chi connectivity index (χ1n) is 41.1. The molecule has 0 spiro atoms. The molecule has 0 unspecified atom stereocenters. The number of carbonyl (C=O) groups excluding carboxylic acids is 1. The summed E-state index contributed by atoms with van der Waals surface area (Å²) in [5.74, 6) is 0.000655. The van der Waals surface area contributed by atoms with Gasteiger partial charge in [-0.15, -0.1) is 0 Å². The molecule has 0 aromatic heterocycles. The van der Waals surface area contributed by atoms with Gasteiger partial charge in [-0.05, 0) is 46.2 Å². The van der Waals surface area contributed by atoms with Crippen LogP contribution in [0, 0.1) is 0 Å². The second kappa shape index (κ2) is 55.7. The molecule has 8 atom stereocenters. The molecule has 6 aromatic carbocycles. The molecule has 1 heterocycles. The number of unbranched alkanes of at least 4 members (excludes halogenated alkanes) is 33. The van der Waals surface area contributed by atoms with E-state index in [1.165, 1.54) is 193 Å². The van der Waals surface area contributed by atoms with E-state index in [0.29, 0.717) is 46.1 Å². The lowest BCUT2D eigenvalue weighted by Gasteiger charge is -2.45. The largest absolute Gasteiger partial charge is 0.374 e. The van der Waals surface area contributed by atoms with E-state index in [0.717, 1.165) is 71.9 Å². The van der Waals surface area contributed by atoms with Crippen molar-refractivity contribution in [2.24, 2.45) is 0 Å². The Morgan fingerprint density at radius 2 is 0.676 bits per heavy atom. The van der Waals surface area contributed by atoms with Crippen molar-refractivity contribution in [3.05, 3.63) is 228 Å². The summed E-state index contributed by atoms with van der Waals surface area (Å²) in [6.07, 6.45) is 47.0. The number of hydrogen-bond donors (Lipinski definition) is 1. The topological polar surface area (TPSA) is 93.7 Å². The van der Waals surface area contributed by atoms with Crippen LogP contribution in [0.15, 0.2) is 194 Å². The molecule has 0 bridgehead atoms. The highest BCUT2D eigenvalue weighted by molar-refractivity contribution is 5.76. The summed E-state index contributed by atoms with van der Waals surface area (Å²) < 4.78 is 50.1. The smallest absolute Gasteiger partial charge is 0.220 e. The van der Waals surface area contributed by atoms with Crippen molar-refractivity contribution in [2.75, 3.05) is 6.61 Å². The van der Waals surface area contributed by atoms with Crippen LogP contribution in [0.5, 0.6) is 0 Å². The lowest BCUT2D eigenvalue weighted by Crippen LogP contribution is -2.61. The molecule has 560 valence electrons. The van der Waals surface area contributed by atoms with Crippen molar-refractivity contribution in [1.29, 1.82) is 0 Å². The first kappa shape index (κ1) is 83.5. The van der Waals surface area contributed by atoms with Crippen LogP contribution in [0.3, 0.4) is 0 Å². The third-order valence-corrected chi connectivity index (χ3v) is 20.4. The lowest BCUT2D eigenvalue weighted by atomic mass is 9.92. The fraction of sp³-hybridized carbons (Fsp3) is 0.581. The molecule has 1 aliphatic rings. The maximum absolute atomic E-state index is 14.9. The number of ether oxygens (including phenoxy) is 7. The van der Waals surface area contributed by atoms with E-state index in [9.17, 15) is 4.79 Å². The third-order valence-electron chi connectivity index (χ3n) is 20.4. The molecular weight excluding hydrogens is 1260 g/mol. The zero-order valence-electron chi connectivity index (χ0n) is 63.5. The zero-order valence-corrected chi connectivity index (χ0v) is 63.5. The number of nitrogens with one attached hydrogen (secondary N) is 1. The highest BCUT2D eigenvalue weighted by Gasteiger charge is 2.48. The van der Waals surface area contributed by atoms with Gasteiger partial charge in [-0.3, -0.25) is 4.79 Å². The van der Waals surface area contributed by atoms with Gasteiger partial charge in [0.05, 0.1) is 58.4 Å². The number of hydrogen-bond acceptors (Lipinski definition) is 8. The average Bonchev–Trinajstić information content (AvgIpc) is 0.787. The maximum Gasteiger partial charge on any atom is 0.220 e. The Labute approximate surface area is 619 Å². The van der Waals surface area contributed by atoms with Gasteiger partial charge < -0.3 is 38.5 Å². The molecule has 1 saturated heterocycles. The van der Waals surface area contributed by atoms with Crippen molar-refractivity contribution in [1.82, 2.24) is 5.32 Å². The van der Waals surface area contributed by atoms with Crippen molar-refractivity contribution < 1.29 is 38.0 Å². The molecule has 9 nitrogen and oxygen atoms in total. The van der Waals surface area contributed by atoms with Crippen molar-refractivity contribution in [3.63, 3.8) is 0 Å². The van der Waals surface area contributed by atoms with Crippen LogP contribution >= 0.6 is 0 Å². The monoisotopic (exact) mass is 1390 g/mol. The summed E-state index contributed by atoms with van der Waals surface area (Å²) in [7, 11) is 0. The number of rotatable bonds is 61. The molecule has 0 saturated carbocycles. The average molecular weight is 1400 g/mol. The Morgan fingerprint density at radius 1 is 0.363 bits per heavy atom. The van der Waals surface area contributed by atoms with Gasteiger partial charge >= 0.3 is 0 Å². The summed E-state index contributed by atoms with van der Waals surface area (Å²) in [6, 6.07) is 61.4. The first-order chi connectivity index (χ1) is 50.6. The Morgan fingerprint density at radius 3 is 1.06 bits per heavy atom. The Hall–Kier alpha value is -5.75. The van der Waals surface area contributed by atoms with Crippen LogP contribution in [-0.2, 0) is 77.6 Å². The highest BCUT2D eigenvalue weighted by atomic mass is 16.6. The van der Waals surface area contributed by atoms with Crippen LogP contribution in [0.25, 0.3) is 0 Å². The Kier molecular flexibility index (Phi) is 45.6. The molecule has 1 N–H and O–H groups in total. The molecule has 102 heavy (non-hydrogen) atoms. The minimum Gasteiger partial charge on any atom is -0.374 e. The third kappa shape index (κ3) is 36.8. The lowest BCUT2D eigenvalue weighted by molar-refractivity contribution is -0.263. The van der Waals surface area contributed by atoms with Gasteiger partial charge in [-0.1, -0.05) is 426 Å². The molecule has 6 aromatic rings. The zero-order chi connectivity index (χ0) is 71.1. The Bertz CT molecular complexity index is 2920. The van der Waals surface area contributed by atoms with Gasteiger partial charge in [-0.25, -0.2) is 0 Å². The van der Waals surface area contributed by atoms with Crippen molar-refractivity contribution in [3.8, 4) is 0 Å². The summed E-state index contributed by atoms with van der Waals surface area (Å²) >= 11 is 0. The van der Waals surface area contributed by atoms with E-state index in [2.05, 4.69) is 134 Å². The SMILES string of the molecule is CCCCCCCCCCCCCCCCCCCCCCCCCC(=O)N[C@@H](/C=C/[C@H]1O[C@H](COCc2ccccc2)[C@H](OCc2ccccc2)[C@H](OCc2ccccc2)[C@H]1OCc1ccccc1)[C@H](OCc1ccccc1)[C@@H](CCCCCCCCCCCCCC)OCc1ccccc1. The van der Waals surface area contributed by atoms with Gasteiger partial charge in [0.15, 0.2) is 0 Å². The molecular formula is C93H135NO8. The van der Waals surface area contributed by atoms with Gasteiger partial charge in [0.2, 0.25) is 5.91 Å². The highest BCUT2D eigenvalue weighted by Crippen LogP contribution is 2.33. The Balaban J connectivity index is 1.10. The molecule has 7 rings (SSSR count). The predicted molar refractivity (Wildman–Crippen MR) is 423 cm³/mol. The van der Waals surface area contributed by atoms with Crippen LogP contribution < -0.4 is 5.32 Å². The second-order valence-corrected chi connectivity index (χ2v) is 29.2. The summed E-state index contributed by atoms with van der Waals surface area (Å²) in [4.78, 5) is 14.9. The quantitative estimate of drug-likeness (QED) is 0.0298. The molecule has 1 fully saturated rings. The van der Waals surface area contributed by atoms with Gasteiger partial charge in [0, 0.05) is 6.42 Å². The number of benzene rings is 6. The normalized spacial score (nSPS) is 17.1. The van der Waals surface area contributed by atoms with Gasteiger partial charge in [0.25, 0.3) is 0 Å². The summed E-state index contributed by atoms with van der Waals surface area (Å²) in [5.41, 5.74) is 6.31. The van der Waals surface area contributed by atoms with Gasteiger partial charge in [-0.2, -0.15) is 0 Å². The predicted octanol–water partition coefficient (Wildman–Crippen LogP) is 24.4. The molecule has 0 radical (unpaired) electrons.